The van der Waals surface area contributed by atoms with Crippen molar-refractivity contribution in [2.75, 3.05) is 5.73 Å². The Hall–Kier alpha value is -1.09. The van der Waals surface area contributed by atoms with Crippen LogP contribution in [0.3, 0.4) is 0 Å². The van der Waals surface area contributed by atoms with Crippen molar-refractivity contribution in [3.05, 3.63) is 29.6 Å². The molecule has 0 atom stereocenters. The molecule has 1 aromatic rings. The van der Waals surface area contributed by atoms with E-state index in [-0.39, 0.29) is 22.5 Å². The Balaban J connectivity index is 2.67. The van der Waals surface area contributed by atoms with Gasteiger partial charge in [-0.2, -0.15) is 0 Å². The number of rotatable bonds is 4. The minimum Gasteiger partial charge on any atom is -0.396 e. The van der Waals surface area contributed by atoms with Gasteiger partial charge in [0.1, 0.15) is 5.82 Å². The number of nitrogen functional groups attached to an aromatic ring is 1. The summed E-state index contributed by atoms with van der Waals surface area (Å²) in [7, 11) is 0. The first-order valence-corrected chi connectivity index (χ1v) is 6.39. The van der Waals surface area contributed by atoms with E-state index in [9.17, 15) is 4.39 Å². The van der Waals surface area contributed by atoms with Crippen LogP contribution in [-0.2, 0) is 6.54 Å². The number of benzene rings is 1. The van der Waals surface area contributed by atoms with Crippen molar-refractivity contribution < 1.29 is 4.39 Å². The summed E-state index contributed by atoms with van der Waals surface area (Å²) in [6.45, 7) is 11.6. The zero-order valence-electron chi connectivity index (χ0n) is 12.1. The minimum atomic E-state index is -0.345. The quantitative estimate of drug-likeness (QED) is 0.802. The largest absolute Gasteiger partial charge is 0.396 e. The Morgan fingerprint density at radius 1 is 1.17 bits per heavy atom. The van der Waals surface area contributed by atoms with Gasteiger partial charge in [-0.05, 0) is 37.3 Å². The molecule has 0 saturated heterocycles. The van der Waals surface area contributed by atoms with Crippen molar-refractivity contribution >= 4 is 5.69 Å². The van der Waals surface area contributed by atoms with Crippen molar-refractivity contribution in [3.63, 3.8) is 0 Å². The molecule has 0 aliphatic heterocycles. The molecule has 0 bridgehead atoms. The summed E-state index contributed by atoms with van der Waals surface area (Å²) < 4.78 is 13.3. The summed E-state index contributed by atoms with van der Waals surface area (Å²) in [6.07, 6.45) is 1.04. The van der Waals surface area contributed by atoms with Crippen molar-refractivity contribution in [2.24, 2.45) is 5.41 Å². The molecule has 0 unspecified atom stereocenters. The van der Waals surface area contributed by atoms with E-state index in [4.69, 9.17) is 5.73 Å². The predicted octanol–water partition coefficient (Wildman–Crippen LogP) is 3.71. The van der Waals surface area contributed by atoms with Gasteiger partial charge < -0.3 is 11.1 Å². The minimum absolute atomic E-state index is 0.00297. The number of hydrogen-bond donors (Lipinski definition) is 2. The van der Waals surface area contributed by atoms with Gasteiger partial charge in [0.15, 0.2) is 0 Å². The van der Waals surface area contributed by atoms with Gasteiger partial charge in [-0.25, -0.2) is 4.39 Å². The molecule has 3 N–H and O–H groups in total. The number of para-hydroxylation sites is 1. The molecule has 0 aliphatic rings. The smallest absolute Gasteiger partial charge is 0.146 e. The third kappa shape index (κ3) is 4.65. The monoisotopic (exact) mass is 252 g/mol. The average molecular weight is 252 g/mol. The molecule has 0 aromatic heterocycles. The molecule has 0 aliphatic carbocycles. The second kappa shape index (κ2) is 5.27. The van der Waals surface area contributed by atoms with E-state index in [1.165, 1.54) is 6.07 Å². The first kappa shape index (κ1) is 15.0. The highest BCUT2D eigenvalue weighted by atomic mass is 19.1. The van der Waals surface area contributed by atoms with E-state index in [0.717, 1.165) is 12.0 Å². The van der Waals surface area contributed by atoms with Crippen molar-refractivity contribution in [1.29, 1.82) is 0 Å². The SMILES string of the molecule is CC(C)(C)CC(C)(C)NCc1cccc(F)c1N. The van der Waals surface area contributed by atoms with Crippen LogP contribution in [0, 0.1) is 11.2 Å². The Kier molecular flexibility index (Phi) is 4.38. The standard InChI is InChI=1S/C15H25FN2/c1-14(2,3)10-15(4,5)18-9-11-7-6-8-12(16)13(11)17/h6-8,18H,9-10,17H2,1-5H3. The van der Waals surface area contributed by atoms with E-state index in [2.05, 4.69) is 39.9 Å². The molecule has 0 saturated carbocycles. The van der Waals surface area contributed by atoms with Gasteiger partial charge in [-0.1, -0.05) is 32.9 Å². The van der Waals surface area contributed by atoms with E-state index in [1.54, 1.807) is 6.07 Å². The summed E-state index contributed by atoms with van der Waals surface area (Å²) in [5.74, 6) is -0.345. The molecular weight excluding hydrogens is 227 g/mol. The van der Waals surface area contributed by atoms with Gasteiger partial charge in [-0.15, -0.1) is 0 Å². The van der Waals surface area contributed by atoms with Crippen LogP contribution in [0.1, 0.15) is 46.6 Å². The summed E-state index contributed by atoms with van der Waals surface area (Å²) in [5.41, 5.74) is 7.04. The highest BCUT2D eigenvalue weighted by Gasteiger charge is 2.24. The molecule has 0 fully saturated rings. The second-order valence-electron chi connectivity index (χ2n) is 6.79. The van der Waals surface area contributed by atoms with Gasteiger partial charge in [0.2, 0.25) is 0 Å². The van der Waals surface area contributed by atoms with Gasteiger partial charge in [0.25, 0.3) is 0 Å². The highest BCUT2D eigenvalue weighted by Crippen LogP contribution is 2.27. The Morgan fingerprint density at radius 2 is 1.78 bits per heavy atom. The van der Waals surface area contributed by atoms with Crippen molar-refractivity contribution in [2.45, 2.75) is 53.1 Å². The molecule has 3 heteroatoms. The van der Waals surface area contributed by atoms with E-state index >= 15 is 0 Å². The topological polar surface area (TPSA) is 38.0 Å². The van der Waals surface area contributed by atoms with Crippen LogP contribution >= 0.6 is 0 Å². The average Bonchev–Trinajstić information content (AvgIpc) is 2.17. The third-order valence-corrected chi connectivity index (χ3v) is 2.87. The number of anilines is 1. The molecule has 1 aromatic carbocycles. The molecule has 18 heavy (non-hydrogen) atoms. The number of nitrogens with one attached hydrogen (secondary N) is 1. The van der Waals surface area contributed by atoms with Crippen molar-refractivity contribution in [1.82, 2.24) is 5.32 Å². The Morgan fingerprint density at radius 3 is 2.33 bits per heavy atom. The van der Waals surface area contributed by atoms with Gasteiger partial charge >= 0.3 is 0 Å². The molecule has 2 nitrogen and oxygen atoms in total. The highest BCUT2D eigenvalue weighted by molar-refractivity contribution is 5.47. The van der Waals surface area contributed by atoms with Crippen LogP contribution in [0.15, 0.2) is 18.2 Å². The van der Waals surface area contributed by atoms with Gasteiger partial charge in [0.05, 0.1) is 5.69 Å². The Bertz CT molecular complexity index is 405. The lowest BCUT2D eigenvalue weighted by Gasteiger charge is -2.33. The summed E-state index contributed by atoms with van der Waals surface area (Å²) in [4.78, 5) is 0. The summed E-state index contributed by atoms with van der Waals surface area (Å²) >= 11 is 0. The predicted molar refractivity (Wildman–Crippen MR) is 75.8 cm³/mol. The molecule has 0 radical (unpaired) electrons. The maximum absolute atomic E-state index is 13.3. The van der Waals surface area contributed by atoms with Gasteiger partial charge in [-0.3, -0.25) is 0 Å². The van der Waals surface area contributed by atoms with Crippen LogP contribution in [0.5, 0.6) is 0 Å². The molecule has 0 amide bonds. The van der Waals surface area contributed by atoms with Crippen LogP contribution < -0.4 is 11.1 Å². The lowest BCUT2D eigenvalue weighted by atomic mass is 9.81. The summed E-state index contributed by atoms with van der Waals surface area (Å²) in [6, 6.07) is 4.94. The molecule has 0 spiro atoms. The number of nitrogens with two attached hydrogens (primary N) is 1. The number of hydrogen-bond acceptors (Lipinski definition) is 2. The lowest BCUT2D eigenvalue weighted by Crippen LogP contribution is -2.42. The van der Waals surface area contributed by atoms with Crippen LogP contribution in [0.25, 0.3) is 0 Å². The zero-order valence-corrected chi connectivity index (χ0v) is 12.1. The number of halogens is 1. The van der Waals surface area contributed by atoms with Crippen LogP contribution in [0.4, 0.5) is 10.1 Å². The van der Waals surface area contributed by atoms with Crippen molar-refractivity contribution in [3.8, 4) is 0 Å². The van der Waals surface area contributed by atoms with Gasteiger partial charge in [0, 0.05) is 12.1 Å². The maximum Gasteiger partial charge on any atom is 0.146 e. The second-order valence-corrected chi connectivity index (χ2v) is 6.79. The lowest BCUT2D eigenvalue weighted by molar-refractivity contribution is 0.241. The fourth-order valence-electron chi connectivity index (χ4n) is 2.46. The summed E-state index contributed by atoms with van der Waals surface area (Å²) in [5, 5.41) is 3.45. The third-order valence-electron chi connectivity index (χ3n) is 2.87. The van der Waals surface area contributed by atoms with Crippen LogP contribution in [-0.4, -0.2) is 5.54 Å². The molecule has 102 valence electrons. The maximum atomic E-state index is 13.3. The molecular formula is C15H25FN2. The van der Waals surface area contributed by atoms with Crippen LogP contribution in [0.2, 0.25) is 0 Å². The fraction of sp³-hybridized carbons (Fsp3) is 0.600. The fourth-order valence-corrected chi connectivity index (χ4v) is 2.46. The Labute approximate surface area is 110 Å². The van der Waals surface area contributed by atoms with E-state index in [1.807, 2.05) is 6.07 Å². The zero-order chi connectivity index (χ0) is 14.0. The van der Waals surface area contributed by atoms with E-state index in [0.29, 0.717) is 6.54 Å². The normalized spacial score (nSPS) is 12.8. The molecule has 0 heterocycles. The first-order valence-electron chi connectivity index (χ1n) is 6.39. The first-order chi connectivity index (χ1) is 8.11. The molecule has 1 rings (SSSR count). The van der Waals surface area contributed by atoms with E-state index < -0.39 is 0 Å².